The third-order valence-corrected chi connectivity index (χ3v) is 6.44. The Morgan fingerprint density at radius 1 is 0.744 bits per heavy atom. The molecule has 0 amide bonds. The molecule has 39 heavy (non-hydrogen) atoms. The van der Waals surface area contributed by atoms with Gasteiger partial charge in [0.1, 0.15) is 23.9 Å². The summed E-state index contributed by atoms with van der Waals surface area (Å²) in [5.74, 6) is 3.34. The van der Waals surface area contributed by atoms with Crippen molar-refractivity contribution < 1.29 is 24.2 Å². The lowest BCUT2D eigenvalue weighted by atomic mass is 9.93. The van der Waals surface area contributed by atoms with Gasteiger partial charge in [-0.15, -0.1) is 0 Å². The van der Waals surface area contributed by atoms with Crippen LogP contribution in [0.3, 0.4) is 0 Å². The van der Waals surface area contributed by atoms with Gasteiger partial charge in [-0.25, -0.2) is 0 Å². The first-order valence-electron chi connectivity index (χ1n) is 12.6. The topological polar surface area (TPSA) is 69.5 Å². The van der Waals surface area contributed by atoms with Crippen molar-refractivity contribution in [3.63, 3.8) is 0 Å². The van der Waals surface area contributed by atoms with E-state index in [1.165, 1.54) is 0 Å². The summed E-state index contributed by atoms with van der Waals surface area (Å²) in [5, 5.41) is 13.5. The average molecular weight is 520 g/mol. The highest BCUT2D eigenvalue weighted by Crippen LogP contribution is 2.37. The number of nitrogens with zero attached hydrogens (tertiary/aromatic N) is 1. The molecule has 0 aliphatic carbocycles. The highest BCUT2D eigenvalue weighted by atomic mass is 16.5. The van der Waals surface area contributed by atoms with E-state index in [0.29, 0.717) is 30.3 Å². The van der Waals surface area contributed by atoms with E-state index in [9.17, 15) is 5.21 Å². The van der Waals surface area contributed by atoms with Gasteiger partial charge in [-0.1, -0.05) is 71.9 Å². The van der Waals surface area contributed by atoms with Crippen molar-refractivity contribution in [1.82, 2.24) is 0 Å². The molecule has 1 aliphatic heterocycles. The van der Waals surface area contributed by atoms with Gasteiger partial charge in [0, 0.05) is 12.0 Å². The Labute approximate surface area is 228 Å². The standard InChI is InChI=1S/C33H29NO5/c1-36-27-14-8-23(9-15-27)20-30(26-12-18-29(19-13-26)38-22-25-6-4-3-5-7-25)33-32(34-35)31(39-33)21-24-10-16-28(37-2)17-11-24/h3-19,21,35H,20,22H2,1-2H3/b31-21-,33-30+,34-32+. The van der Waals surface area contributed by atoms with Crippen molar-refractivity contribution in [1.29, 1.82) is 0 Å². The Morgan fingerprint density at radius 2 is 1.36 bits per heavy atom. The summed E-state index contributed by atoms with van der Waals surface area (Å²) < 4.78 is 22.6. The predicted octanol–water partition coefficient (Wildman–Crippen LogP) is 7.14. The van der Waals surface area contributed by atoms with Crippen LogP contribution in [-0.2, 0) is 17.8 Å². The van der Waals surface area contributed by atoms with Crippen molar-refractivity contribution in [3.05, 3.63) is 137 Å². The Hall–Kier alpha value is -4.97. The van der Waals surface area contributed by atoms with E-state index in [1.54, 1.807) is 14.2 Å². The van der Waals surface area contributed by atoms with Crippen molar-refractivity contribution in [2.24, 2.45) is 5.16 Å². The number of allylic oxidation sites excluding steroid dienone is 1. The largest absolute Gasteiger partial charge is 0.497 e. The fraction of sp³-hybridized carbons (Fsp3) is 0.121. The van der Waals surface area contributed by atoms with Crippen molar-refractivity contribution in [3.8, 4) is 17.2 Å². The van der Waals surface area contributed by atoms with E-state index >= 15 is 0 Å². The lowest BCUT2D eigenvalue weighted by Gasteiger charge is -2.27. The van der Waals surface area contributed by atoms with E-state index in [1.807, 2.05) is 109 Å². The molecular formula is C33H29NO5. The molecule has 1 saturated heterocycles. The van der Waals surface area contributed by atoms with Crippen molar-refractivity contribution in [2.75, 3.05) is 14.2 Å². The number of oxime groups is 1. The lowest BCUT2D eigenvalue weighted by Crippen LogP contribution is -2.25. The van der Waals surface area contributed by atoms with Crippen LogP contribution in [0.2, 0.25) is 0 Å². The molecule has 196 valence electrons. The number of ether oxygens (including phenoxy) is 4. The summed E-state index contributed by atoms with van der Waals surface area (Å²) in [7, 11) is 3.27. The SMILES string of the molecule is COc1ccc(\C=C2/OC(=C(\Cc3ccc(OC)cc3)c3ccc(OCc4ccccc4)cc3)/C2=N/O)cc1. The van der Waals surface area contributed by atoms with Crippen molar-refractivity contribution >= 4 is 17.4 Å². The maximum absolute atomic E-state index is 9.92. The third kappa shape index (κ3) is 6.13. The van der Waals surface area contributed by atoms with Crippen LogP contribution in [0.5, 0.6) is 17.2 Å². The predicted molar refractivity (Wildman–Crippen MR) is 152 cm³/mol. The fourth-order valence-electron chi connectivity index (χ4n) is 4.27. The maximum Gasteiger partial charge on any atom is 0.187 e. The second-order valence-electron chi connectivity index (χ2n) is 8.96. The summed E-state index contributed by atoms with van der Waals surface area (Å²) in [6.45, 7) is 0.490. The number of rotatable bonds is 9. The van der Waals surface area contributed by atoms with Gasteiger partial charge in [0.2, 0.25) is 0 Å². The summed E-state index contributed by atoms with van der Waals surface area (Å²) in [5.41, 5.74) is 5.32. The van der Waals surface area contributed by atoms with Crippen LogP contribution in [0.1, 0.15) is 22.3 Å². The number of hydrogen-bond acceptors (Lipinski definition) is 6. The highest BCUT2D eigenvalue weighted by molar-refractivity contribution is 6.20. The van der Waals surface area contributed by atoms with Crippen LogP contribution in [0.25, 0.3) is 11.6 Å². The van der Waals surface area contributed by atoms with Gasteiger partial charge < -0.3 is 24.2 Å². The second-order valence-corrected chi connectivity index (χ2v) is 8.96. The molecule has 1 heterocycles. The third-order valence-electron chi connectivity index (χ3n) is 6.44. The zero-order chi connectivity index (χ0) is 27.0. The van der Waals surface area contributed by atoms with Crippen LogP contribution in [0, 0.1) is 0 Å². The Kier molecular flexibility index (Phi) is 7.93. The van der Waals surface area contributed by atoms with Crippen LogP contribution in [0.4, 0.5) is 0 Å². The Bertz CT molecular complexity index is 1490. The van der Waals surface area contributed by atoms with Gasteiger partial charge in [0.05, 0.1) is 14.2 Å². The normalized spacial score (nSPS) is 15.8. The van der Waals surface area contributed by atoms with Crippen LogP contribution in [-0.4, -0.2) is 25.1 Å². The summed E-state index contributed by atoms with van der Waals surface area (Å²) >= 11 is 0. The first kappa shape index (κ1) is 25.7. The van der Waals surface area contributed by atoms with Gasteiger partial charge in [-0.05, 0) is 64.7 Å². The first-order chi connectivity index (χ1) is 19.2. The van der Waals surface area contributed by atoms with Crippen LogP contribution >= 0.6 is 0 Å². The molecule has 4 aromatic carbocycles. The molecule has 0 atom stereocenters. The van der Waals surface area contributed by atoms with E-state index in [0.717, 1.165) is 45.1 Å². The van der Waals surface area contributed by atoms with Gasteiger partial charge >= 0.3 is 0 Å². The van der Waals surface area contributed by atoms with E-state index in [-0.39, 0.29) is 0 Å². The zero-order valence-corrected chi connectivity index (χ0v) is 21.8. The average Bonchev–Trinajstić information content (AvgIpc) is 2.99. The molecule has 5 rings (SSSR count). The summed E-state index contributed by atoms with van der Waals surface area (Å²) in [6.07, 6.45) is 2.40. The molecule has 1 aliphatic rings. The number of benzene rings is 4. The molecule has 6 heteroatoms. The lowest BCUT2D eigenvalue weighted by molar-refractivity contribution is 0.276. The molecular weight excluding hydrogens is 490 g/mol. The number of hydrogen-bond donors (Lipinski definition) is 1. The molecule has 0 spiro atoms. The Balaban J connectivity index is 1.43. The molecule has 4 aromatic rings. The monoisotopic (exact) mass is 519 g/mol. The summed E-state index contributed by atoms with van der Waals surface area (Å²) in [4.78, 5) is 0. The van der Waals surface area contributed by atoms with Crippen molar-refractivity contribution in [2.45, 2.75) is 13.0 Å². The first-order valence-corrected chi connectivity index (χ1v) is 12.6. The van der Waals surface area contributed by atoms with Gasteiger partial charge in [-0.3, -0.25) is 0 Å². The van der Waals surface area contributed by atoms with Gasteiger partial charge in [0.25, 0.3) is 0 Å². The fourth-order valence-corrected chi connectivity index (χ4v) is 4.27. The molecule has 0 radical (unpaired) electrons. The van der Waals surface area contributed by atoms with E-state index in [2.05, 4.69) is 5.16 Å². The molecule has 1 N–H and O–H groups in total. The maximum atomic E-state index is 9.92. The summed E-state index contributed by atoms with van der Waals surface area (Å²) in [6, 6.07) is 33.4. The minimum Gasteiger partial charge on any atom is -0.497 e. The minimum atomic E-state index is 0.402. The van der Waals surface area contributed by atoms with Gasteiger partial charge in [0.15, 0.2) is 17.2 Å². The zero-order valence-electron chi connectivity index (χ0n) is 21.8. The molecule has 1 fully saturated rings. The van der Waals surface area contributed by atoms with Gasteiger partial charge in [-0.2, -0.15) is 0 Å². The van der Waals surface area contributed by atoms with Crippen LogP contribution < -0.4 is 14.2 Å². The quantitative estimate of drug-likeness (QED) is 0.188. The molecule has 0 aromatic heterocycles. The van der Waals surface area contributed by atoms with E-state index in [4.69, 9.17) is 18.9 Å². The smallest absolute Gasteiger partial charge is 0.187 e. The number of methoxy groups -OCH3 is 2. The highest BCUT2D eigenvalue weighted by Gasteiger charge is 2.33. The second kappa shape index (κ2) is 12.0. The van der Waals surface area contributed by atoms with Crippen LogP contribution in [0.15, 0.2) is 120 Å². The molecule has 0 saturated carbocycles. The molecule has 6 nitrogen and oxygen atoms in total. The van der Waals surface area contributed by atoms with E-state index < -0.39 is 0 Å². The Morgan fingerprint density at radius 3 is 1.97 bits per heavy atom. The minimum absolute atomic E-state index is 0.402. The molecule has 0 bridgehead atoms. The molecule has 0 unspecified atom stereocenters.